The molecule has 0 aromatic carbocycles. The Morgan fingerprint density at radius 1 is 1.39 bits per heavy atom. The van der Waals surface area contributed by atoms with Crippen molar-refractivity contribution in [3.8, 4) is 0 Å². The highest BCUT2D eigenvalue weighted by molar-refractivity contribution is 7.17. The third-order valence-corrected chi connectivity index (χ3v) is 4.66. The van der Waals surface area contributed by atoms with Gasteiger partial charge in [0.1, 0.15) is 17.0 Å². The predicted octanol–water partition coefficient (Wildman–Crippen LogP) is 4.12. The maximum Gasteiger partial charge on any atom is 0.325 e. The number of nitrogens with one attached hydrogen (secondary N) is 1. The van der Waals surface area contributed by atoms with Crippen LogP contribution in [0.1, 0.15) is 45.6 Å². The summed E-state index contributed by atoms with van der Waals surface area (Å²) in [6, 6.07) is 4.09. The normalized spacial score (nSPS) is 15.3. The van der Waals surface area contributed by atoms with Gasteiger partial charge in [-0.05, 0) is 63.3 Å². The quantitative estimate of drug-likeness (QED) is 0.857. The second-order valence-electron chi connectivity index (χ2n) is 6.76. The van der Waals surface area contributed by atoms with Crippen molar-refractivity contribution in [1.82, 2.24) is 10.3 Å². The smallest absolute Gasteiger partial charge is 0.325 e. The fourth-order valence-corrected chi connectivity index (χ4v) is 3.82. The molecule has 122 valence electrons. The Hall–Kier alpha value is -1.88. The number of esters is 1. The highest BCUT2D eigenvalue weighted by Gasteiger charge is 2.21. The summed E-state index contributed by atoms with van der Waals surface area (Å²) in [5, 5.41) is 6.67. The molecule has 3 rings (SSSR count). The molecule has 0 atom stereocenters. The molecule has 0 unspecified atom stereocenters. The maximum absolute atomic E-state index is 11.9. The van der Waals surface area contributed by atoms with Gasteiger partial charge in [-0.25, -0.2) is 4.98 Å². The molecule has 0 fully saturated rings. The van der Waals surface area contributed by atoms with E-state index in [4.69, 9.17) is 4.74 Å². The van der Waals surface area contributed by atoms with Crippen LogP contribution >= 0.6 is 11.3 Å². The summed E-state index contributed by atoms with van der Waals surface area (Å²) in [4.78, 5) is 17.4. The molecule has 4 nitrogen and oxygen atoms in total. The Balaban J connectivity index is 1.78. The Labute approximate surface area is 140 Å². The van der Waals surface area contributed by atoms with E-state index in [1.165, 1.54) is 22.2 Å². The van der Waals surface area contributed by atoms with Crippen LogP contribution in [-0.2, 0) is 9.53 Å². The summed E-state index contributed by atoms with van der Waals surface area (Å²) in [5.41, 5.74) is 3.29. The van der Waals surface area contributed by atoms with Gasteiger partial charge in [-0.1, -0.05) is 0 Å². The standard InChI is InChI=1S/C18H22N2O2S/c1-18(2,3)22-16(21)10-20-15-8-4-6-12(15)14-11-23-17-13(14)7-5-9-19-17/h5,7,9,11,20H,4,6,8,10H2,1-3H3. The lowest BCUT2D eigenvalue weighted by molar-refractivity contribution is -0.153. The van der Waals surface area contributed by atoms with Gasteiger partial charge in [0, 0.05) is 22.7 Å². The van der Waals surface area contributed by atoms with Crippen LogP contribution in [0.2, 0.25) is 0 Å². The monoisotopic (exact) mass is 330 g/mol. The van der Waals surface area contributed by atoms with E-state index in [0.717, 1.165) is 24.1 Å². The van der Waals surface area contributed by atoms with Crippen LogP contribution < -0.4 is 5.32 Å². The van der Waals surface area contributed by atoms with Crippen LogP contribution in [0.4, 0.5) is 0 Å². The number of thiophene rings is 1. The molecule has 0 amide bonds. The number of ether oxygens (including phenoxy) is 1. The molecular formula is C18H22N2O2S. The van der Waals surface area contributed by atoms with Crippen LogP contribution in [-0.4, -0.2) is 23.1 Å². The van der Waals surface area contributed by atoms with Crippen molar-refractivity contribution < 1.29 is 9.53 Å². The van der Waals surface area contributed by atoms with E-state index in [1.54, 1.807) is 11.3 Å². The lowest BCUT2D eigenvalue weighted by atomic mass is 10.0. The maximum atomic E-state index is 11.9. The fourth-order valence-electron chi connectivity index (χ4n) is 2.89. The van der Waals surface area contributed by atoms with Gasteiger partial charge in [0.25, 0.3) is 0 Å². The van der Waals surface area contributed by atoms with Crippen molar-refractivity contribution in [3.63, 3.8) is 0 Å². The van der Waals surface area contributed by atoms with E-state index < -0.39 is 5.60 Å². The summed E-state index contributed by atoms with van der Waals surface area (Å²) in [5.74, 6) is -0.215. The van der Waals surface area contributed by atoms with E-state index in [9.17, 15) is 4.79 Å². The number of allylic oxidation sites excluding steroid dienone is 2. The molecule has 0 spiro atoms. The summed E-state index contributed by atoms with van der Waals surface area (Å²) in [6.07, 6.45) is 4.96. The van der Waals surface area contributed by atoms with Crippen molar-refractivity contribution in [2.24, 2.45) is 0 Å². The zero-order valence-electron chi connectivity index (χ0n) is 13.8. The van der Waals surface area contributed by atoms with Gasteiger partial charge in [0.05, 0.1) is 0 Å². The minimum absolute atomic E-state index is 0.215. The van der Waals surface area contributed by atoms with Gasteiger partial charge >= 0.3 is 5.97 Å². The predicted molar refractivity (Wildman–Crippen MR) is 94.2 cm³/mol. The van der Waals surface area contributed by atoms with Gasteiger partial charge in [-0.2, -0.15) is 0 Å². The lowest BCUT2D eigenvalue weighted by Crippen LogP contribution is -2.31. The molecule has 23 heavy (non-hydrogen) atoms. The first-order valence-electron chi connectivity index (χ1n) is 7.94. The number of carbonyl (C=O) groups excluding carboxylic acids is 1. The minimum atomic E-state index is -0.444. The summed E-state index contributed by atoms with van der Waals surface area (Å²) in [6.45, 7) is 5.87. The Kier molecular flexibility index (Phi) is 4.39. The number of hydrogen-bond donors (Lipinski definition) is 1. The zero-order chi connectivity index (χ0) is 16.4. The minimum Gasteiger partial charge on any atom is -0.459 e. The van der Waals surface area contributed by atoms with E-state index in [-0.39, 0.29) is 12.5 Å². The van der Waals surface area contributed by atoms with Crippen molar-refractivity contribution in [2.75, 3.05) is 6.54 Å². The summed E-state index contributed by atoms with van der Waals surface area (Å²) in [7, 11) is 0. The second-order valence-corrected chi connectivity index (χ2v) is 7.61. The number of pyridine rings is 1. The number of carbonyl (C=O) groups is 1. The highest BCUT2D eigenvalue weighted by Crippen LogP contribution is 2.38. The average molecular weight is 330 g/mol. The van der Waals surface area contributed by atoms with Crippen molar-refractivity contribution in [1.29, 1.82) is 0 Å². The molecule has 0 radical (unpaired) electrons. The molecular weight excluding hydrogens is 308 g/mol. The van der Waals surface area contributed by atoms with E-state index in [1.807, 2.05) is 33.0 Å². The van der Waals surface area contributed by atoms with Crippen LogP contribution in [0, 0.1) is 0 Å². The van der Waals surface area contributed by atoms with Gasteiger partial charge in [0.2, 0.25) is 0 Å². The van der Waals surface area contributed by atoms with E-state index in [0.29, 0.717) is 0 Å². The fraction of sp³-hybridized carbons (Fsp3) is 0.444. The van der Waals surface area contributed by atoms with Crippen LogP contribution in [0.15, 0.2) is 29.4 Å². The van der Waals surface area contributed by atoms with Crippen molar-refractivity contribution in [3.05, 3.63) is 35.0 Å². The molecule has 1 aliphatic carbocycles. The largest absolute Gasteiger partial charge is 0.459 e. The molecule has 0 saturated carbocycles. The number of nitrogens with zero attached hydrogens (tertiary/aromatic N) is 1. The highest BCUT2D eigenvalue weighted by atomic mass is 32.1. The van der Waals surface area contributed by atoms with Gasteiger partial charge < -0.3 is 10.1 Å². The van der Waals surface area contributed by atoms with Gasteiger partial charge in [-0.15, -0.1) is 11.3 Å². The second kappa shape index (κ2) is 6.32. The SMILES string of the molecule is CC(C)(C)OC(=O)CNC1=C(c2csc3ncccc23)CCC1. The number of fused-ring (bicyclic) bond motifs is 1. The van der Waals surface area contributed by atoms with Crippen molar-refractivity contribution in [2.45, 2.75) is 45.6 Å². The number of aromatic nitrogens is 1. The molecule has 1 aliphatic rings. The molecule has 0 aliphatic heterocycles. The van der Waals surface area contributed by atoms with Crippen LogP contribution in [0.5, 0.6) is 0 Å². The van der Waals surface area contributed by atoms with Gasteiger partial charge in [0.15, 0.2) is 0 Å². The zero-order valence-corrected chi connectivity index (χ0v) is 14.6. The first-order valence-corrected chi connectivity index (χ1v) is 8.82. The molecule has 0 bridgehead atoms. The topological polar surface area (TPSA) is 51.2 Å². The van der Waals surface area contributed by atoms with E-state index in [2.05, 4.69) is 21.7 Å². The van der Waals surface area contributed by atoms with Crippen LogP contribution in [0.3, 0.4) is 0 Å². The molecule has 1 N–H and O–H groups in total. The molecule has 2 heterocycles. The first kappa shape index (κ1) is 16.0. The molecule has 5 heteroatoms. The molecule has 2 aromatic heterocycles. The summed E-state index contributed by atoms with van der Waals surface area (Å²) < 4.78 is 5.36. The Bertz CT molecular complexity index is 756. The third-order valence-electron chi connectivity index (χ3n) is 3.76. The molecule has 2 aromatic rings. The number of rotatable bonds is 4. The number of hydrogen-bond acceptors (Lipinski definition) is 5. The third kappa shape index (κ3) is 3.72. The first-order chi connectivity index (χ1) is 10.9. The van der Waals surface area contributed by atoms with Crippen LogP contribution in [0.25, 0.3) is 15.8 Å². The lowest BCUT2D eigenvalue weighted by Gasteiger charge is -2.20. The summed E-state index contributed by atoms with van der Waals surface area (Å²) >= 11 is 1.67. The van der Waals surface area contributed by atoms with Crippen molar-refractivity contribution >= 4 is 33.1 Å². The van der Waals surface area contributed by atoms with E-state index >= 15 is 0 Å². The average Bonchev–Trinajstić information content (AvgIpc) is 3.09. The molecule has 0 saturated heterocycles. The Morgan fingerprint density at radius 2 is 2.22 bits per heavy atom. The van der Waals surface area contributed by atoms with Gasteiger partial charge in [-0.3, -0.25) is 4.79 Å². The Morgan fingerprint density at radius 3 is 3.00 bits per heavy atom.